The Morgan fingerprint density at radius 1 is 1.18 bits per heavy atom. The summed E-state index contributed by atoms with van der Waals surface area (Å²) in [4.78, 5) is 17.6. The predicted octanol–water partition coefficient (Wildman–Crippen LogP) is 6.43. The number of nitrogens with zero attached hydrogens (tertiary/aromatic N) is 2. The van der Waals surface area contributed by atoms with Crippen LogP contribution in [0.4, 0.5) is 5.82 Å². The van der Waals surface area contributed by atoms with Crippen LogP contribution in [0.2, 0.25) is 0 Å². The minimum absolute atomic E-state index is 0.0712. The van der Waals surface area contributed by atoms with Gasteiger partial charge in [0.25, 0.3) is 0 Å². The SMILES string of the molecule is C=C/C(=C\C=C/C)Nc1cc(=O)c2cncc(CC3=CC=CC=CC3)c2n1-c1ccccc1. The molecule has 4 rings (SSSR count). The van der Waals surface area contributed by atoms with E-state index in [2.05, 4.69) is 45.8 Å². The van der Waals surface area contributed by atoms with Crippen molar-refractivity contribution in [1.29, 1.82) is 0 Å². The van der Waals surface area contributed by atoms with E-state index in [1.54, 1.807) is 18.3 Å². The first-order chi connectivity index (χ1) is 16.2. The van der Waals surface area contributed by atoms with Crippen molar-refractivity contribution in [3.8, 4) is 5.69 Å². The first-order valence-electron chi connectivity index (χ1n) is 11.0. The van der Waals surface area contributed by atoms with Crippen molar-refractivity contribution in [3.05, 3.63) is 137 Å². The van der Waals surface area contributed by atoms with E-state index >= 15 is 0 Å². The largest absolute Gasteiger partial charge is 0.341 e. The monoisotopic (exact) mass is 433 g/mol. The molecule has 1 aromatic carbocycles. The molecule has 3 aromatic rings. The summed E-state index contributed by atoms with van der Waals surface area (Å²) in [6.07, 6.45) is 23.1. The minimum atomic E-state index is -0.0712. The van der Waals surface area contributed by atoms with Gasteiger partial charge in [0.05, 0.1) is 10.9 Å². The first-order valence-corrected chi connectivity index (χ1v) is 11.0. The Balaban J connectivity index is 1.97. The van der Waals surface area contributed by atoms with Crippen molar-refractivity contribution in [3.63, 3.8) is 0 Å². The summed E-state index contributed by atoms with van der Waals surface area (Å²) in [5.74, 6) is 0.677. The molecule has 0 saturated heterocycles. The van der Waals surface area contributed by atoms with Crippen LogP contribution in [0.5, 0.6) is 0 Å². The van der Waals surface area contributed by atoms with E-state index in [1.807, 2.05) is 67.8 Å². The number of aromatic nitrogens is 2. The maximum atomic E-state index is 13.2. The zero-order valence-corrected chi connectivity index (χ0v) is 18.7. The number of hydrogen-bond acceptors (Lipinski definition) is 3. The number of hydrogen-bond donors (Lipinski definition) is 1. The normalized spacial score (nSPS) is 13.8. The van der Waals surface area contributed by atoms with Crippen molar-refractivity contribution >= 4 is 16.7 Å². The first kappa shape index (κ1) is 22.0. The standard InChI is InChI=1S/C29H27N3O/c1-3-5-15-24(4-2)31-28-19-27(33)26-21-30-20-23(18-22-13-9-6-7-10-14-22)29(26)32(28)25-16-11-8-12-17-25/h3-13,15-17,19-21,31H,2,14,18H2,1H3/b5-3-,24-15+. The Bertz CT molecular complexity index is 1370. The van der Waals surface area contributed by atoms with Gasteiger partial charge in [0, 0.05) is 29.8 Å². The molecule has 33 heavy (non-hydrogen) atoms. The second-order valence-electron chi connectivity index (χ2n) is 7.76. The smallest absolute Gasteiger partial charge is 0.193 e. The third-order valence-electron chi connectivity index (χ3n) is 5.45. The third-order valence-corrected chi connectivity index (χ3v) is 5.45. The van der Waals surface area contributed by atoms with Crippen molar-refractivity contribution in [1.82, 2.24) is 9.55 Å². The molecule has 0 amide bonds. The summed E-state index contributed by atoms with van der Waals surface area (Å²) in [6.45, 7) is 5.88. The van der Waals surface area contributed by atoms with Crippen LogP contribution in [-0.2, 0) is 6.42 Å². The Morgan fingerprint density at radius 2 is 2.03 bits per heavy atom. The number of allylic oxidation sites excluding steroid dienone is 10. The molecule has 1 N–H and O–H groups in total. The average Bonchev–Trinajstić information content (AvgIpc) is 3.11. The molecule has 1 aliphatic carbocycles. The molecule has 0 bridgehead atoms. The molecule has 0 spiro atoms. The quantitative estimate of drug-likeness (QED) is 0.437. The van der Waals surface area contributed by atoms with E-state index in [4.69, 9.17) is 0 Å². The molecule has 0 radical (unpaired) electrons. The van der Waals surface area contributed by atoms with E-state index in [0.29, 0.717) is 17.6 Å². The number of rotatable bonds is 7. The molecule has 0 unspecified atom stereocenters. The van der Waals surface area contributed by atoms with E-state index in [1.165, 1.54) is 5.57 Å². The van der Waals surface area contributed by atoms with E-state index < -0.39 is 0 Å². The fraction of sp³-hybridized carbons (Fsp3) is 0.103. The van der Waals surface area contributed by atoms with Crippen LogP contribution in [0.1, 0.15) is 18.9 Å². The molecule has 4 heteroatoms. The molecule has 2 heterocycles. The van der Waals surface area contributed by atoms with Gasteiger partial charge >= 0.3 is 0 Å². The number of anilines is 1. The number of fused-ring (bicyclic) bond motifs is 1. The number of pyridine rings is 2. The second-order valence-corrected chi connectivity index (χ2v) is 7.76. The fourth-order valence-corrected chi connectivity index (χ4v) is 3.90. The van der Waals surface area contributed by atoms with Gasteiger partial charge in [-0.3, -0.25) is 14.3 Å². The van der Waals surface area contributed by atoms with Crippen LogP contribution in [-0.4, -0.2) is 9.55 Å². The van der Waals surface area contributed by atoms with Gasteiger partial charge in [-0.25, -0.2) is 0 Å². The molecule has 164 valence electrons. The molecular formula is C29H27N3O. The highest BCUT2D eigenvalue weighted by atomic mass is 16.1. The Labute approximate surface area is 194 Å². The lowest BCUT2D eigenvalue weighted by Gasteiger charge is -2.21. The maximum absolute atomic E-state index is 13.2. The van der Waals surface area contributed by atoms with Crippen molar-refractivity contribution in [2.24, 2.45) is 0 Å². The summed E-state index contributed by atoms with van der Waals surface area (Å²) in [6, 6.07) is 11.7. The Hall–Kier alpha value is -4.18. The summed E-state index contributed by atoms with van der Waals surface area (Å²) in [5, 5.41) is 4.00. The molecular weight excluding hydrogens is 406 g/mol. The molecule has 0 atom stereocenters. The number of para-hydroxylation sites is 1. The predicted molar refractivity (Wildman–Crippen MR) is 139 cm³/mol. The van der Waals surface area contributed by atoms with Crippen LogP contribution < -0.4 is 10.7 Å². The maximum Gasteiger partial charge on any atom is 0.193 e. The lowest BCUT2D eigenvalue weighted by molar-refractivity contribution is 1.02. The number of benzene rings is 1. The van der Waals surface area contributed by atoms with Gasteiger partial charge in [-0.15, -0.1) is 0 Å². The molecule has 0 fully saturated rings. The highest BCUT2D eigenvalue weighted by Crippen LogP contribution is 2.28. The van der Waals surface area contributed by atoms with Gasteiger partial charge in [-0.2, -0.15) is 0 Å². The lowest BCUT2D eigenvalue weighted by atomic mass is 10.0. The van der Waals surface area contributed by atoms with Crippen LogP contribution >= 0.6 is 0 Å². The Morgan fingerprint density at radius 3 is 2.82 bits per heavy atom. The summed E-state index contributed by atoms with van der Waals surface area (Å²) >= 11 is 0. The van der Waals surface area contributed by atoms with Crippen LogP contribution in [0.25, 0.3) is 16.6 Å². The van der Waals surface area contributed by atoms with Crippen LogP contribution in [0.3, 0.4) is 0 Å². The van der Waals surface area contributed by atoms with Crippen LogP contribution in [0.15, 0.2) is 126 Å². The fourth-order valence-electron chi connectivity index (χ4n) is 3.90. The van der Waals surface area contributed by atoms with Crippen molar-refractivity contribution in [2.45, 2.75) is 19.8 Å². The second kappa shape index (κ2) is 10.4. The minimum Gasteiger partial charge on any atom is -0.341 e. The van der Waals surface area contributed by atoms with Gasteiger partial charge in [0.15, 0.2) is 5.43 Å². The average molecular weight is 434 g/mol. The Kier molecular flexibility index (Phi) is 6.96. The van der Waals surface area contributed by atoms with Crippen LogP contribution in [0, 0.1) is 0 Å². The van der Waals surface area contributed by atoms with E-state index in [0.717, 1.165) is 28.9 Å². The van der Waals surface area contributed by atoms with Crippen molar-refractivity contribution < 1.29 is 0 Å². The third kappa shape index (κ3) is 5.01. The molecule has 1 aliphatic rings. The summed E-state index contributed by atoms with van der Waals surface area (Å²) in [5.41, 5.74) is 4.82. The highest BCUT2D eigenvalue weighted by molar-refractivity contribution is 5.86. The van der Waals surface area contributed by atoms with E-state index in [9.17, 15) is 4.79 Å². The van der Waals surface area contributed by atoms with Gasteiger partial charge in [-0.05, 0) is 49.6 Å². The summed E-state index contributed by atoms with van der Waals surface area (Å²) in [7, 11) is 0. The molecule has 4 nitrogen and oxygen atoms in total. The number of nitrogens with one attached hydrogen (secondary N) is 1. The zero-order chi connectivity index (χ0) is 23.0. The van der Waals surface area contributed by atoms with E-state index in [-0.39, 0.29) is 5.43 Å². The molecule has 0 saturated carbocycles. The molecule has 0 aliphatic heterocycles. The van der Waals surface area contributed by atoms with Gasteiger partial charge in [0.2, 0.25) is 0 Å². The highest BCUT2D eigenvalue weighted by Gasteiger charge is 2.16. The topological polar surface area (TPSA) is 46.9 Å². The van der Waals surface area contributed by atoms with Gasteiger partial charge in [-0.1, -0.05) is 72.9 Å². The summed E-state index contributed by atoms with van der Waals surface area (Å²) < 4.78 is 2.10. The van der Waals surface area contributed by atoms with Gasteiger partial charge < -0.3 is 5.32 Å². The molecule has 2 aromatic heterocycles. The lowest BCUT2D eigenvalue weighted by Crippen LogP contribution is -2.15. The van der Waals surface area contributed by atoms with Crippen molar-refractivity contribution in [2.75, 3.05) is 5.32 Å². The van der Waals surface area contributed by atoms with Gasteiger partial charge in [0.1, 0.15) is 5.82 Å². The zero-order valence-electron chi connectivity index (χ0n) is 18.7.